The number of nitrogens with zero attached hydrogens (tertiary/aromatic N) is 2. The molecule has 1 saturated heterocycles. The number of hydrogen-bond acceptors (Lipinski definition) is 4. The van der Waals surface area contributed by atoms with Crippen molar-refractivity contribution in [3.8, 4) is 0 Å². The number of alkyl halides is 3. The summed E-state index contributed by atoms with van der Waals surface area (Å²) in [6.45, 7) is 5.81. The number of ether oxygens (including phenoxy) is 1. The van der Waals surface area contributed by atoms with Gasteiger partial charge in [0.25, 0.3) is 0 Å². The van der Waals surface area contributed by atoms with Gasteiger partial charge < -0.3 is 15.0 Å². The third-order valence-electron chi connectivity index (χ3n) is 3.36. The molecular formula is C15H19F4N3O2. The number of carbonyl (C=O) groups excluding carboxylic acids is 1. The van der Waals surface area contributed by atoms with Crippen molar-refractivity contribution in [1.82, 2.24) is 10.3 Å². The zero-order chi connectivity index (χ0) is 18.1. The number of alkyl carbamates (subject to hydrolysis) is 1. The molecule has 0 saturated carbocycles. The van der Waals surface area contributed by atoms with Gasteiger partial charge in [0.05, 0.1) is 11.6 Å². The van der Waals surface area contributed by atoms with Gasteiger partial charge in [-0.3, -0.25) is 0 Å². The molecule has 1 aromatic heterocycles. The Bertz CT molecular complexity index is 614. The smallest absolute Gasteiger partial charge is 0.417 e. The highest BCUT2D eigenvalue weighted by molar-refractivity contribution is 5.68. The second-order valence-electron chi connectivity index (χ2n) is 6.61. The summed E-state index contributed by atoms with van der Waals surface area (Å²) in [6.07, 6.45) is -4.11. The minimum Gasteiger partial charge on any atom is -0.444 e. The van der Waals surface area contributed by atoms with E-state index in [0.29, 0.717) is 25.2 Å². The Morgan fingerprint density at radius 3 is 2.58 bits per heavy atom. The lowest BCUT2D eigenvalue weighted by Crippen LogP contribution is -2.40. The zero-order valence-electron chi connectivity index (χ0n) is 13.6. The third kappa shape index (κ3) is 4.72. The van der Waals surface area contributed by atoms with Gasteiger partial charge in [0.2, 0.25) is 0 Å². The number of amides is 1. The first-order valence-electron chi connectivity index (χ1n) is 7.43. The van der Waals surface area contributed by atoms with Gasteiger partial charge in [-0.25, -0.2) is 14.2 Å². The van der Waals surface area contributed by atoms with E-state index >= 15 is 0 Å². The standard InChI is InChI=1S/C15H19F4N3O2/c1-14(2,3)24-13(23)21-10-4-5-22(8-10)12-11(16)6-9(7-20-12)15(17,18)19/h6-7,10H,4-5,8H2,1-3H3,(H,21,23)/t10-/m1/s1. The summed E-state index contributed by atoms with van der Waals surface area (Å²) in [7, 11) is 0. The van der Waals surface area contributed by atoms with Crippen molar-refractivity contribution in [3.05, 3.63) is 23.6 Å². The molecule has 1 fully saturated rings. The molecule has 0 bridgehead atoms. The Morgan fingerprint density at radius 2 is 2.04 bits per heavy atom. The van der Waals surface area contributed by atoms with Crippen LogP contribution in [-0.4, -0.2) is 35.8 Å². The molecule has 9 heteroatoms. The van der Waals surface area contributed by atoms with E-state index < -0.39 is 29.3 Å². The number of nitrogens with one attached hydrogen (secondary N) is 1. The van der Waals surface area contributed by atoms with E-state index in [2.05, 4.69) is 10.3 Å². The lowest BCUT2D eigenvalue weighted by Gasteiger charge is -2.22. The number of pyridine rings is 1. The number of hydrogen-bond donors (Lipinski definition) is 1. The fourth-order valence-corrected chi connectivity index (χ4v) is 2.36. The predicted octanol–water partition coefficient (Wildman–Crippen LogP) is 3.34. The normalized spacial score (nSPS) is 18.6. The second kappa shape index (κ2) is 6.45. The fraction of sp³-hybridized carbons (Fsp3) is 0.600. The van der Waals surface area contributed by atoms with Crippen molar-refractivity contribution in [2.24, 2.45) is 0 Å². The van der Waals surface area contributed by atoms with Crippen LogP contribution in [-0.2, 0) is 10.9 Å². The maximum atomic E-state index is 13.9. The first kappa shape index (κ1) is 18.3. The molecule has 5 nitrogen and oxygen atoms in total. The van der Waals surface area contributed by atoms with Gasteiger partial charge in [-0.2, -0.15) is 13.2 Å². The summed E-state index contributed by atoms with van der Waals surface area (Å²) in [5, 5.41) is 2.66. The van der Waals surface area contributed by atoms with Crippen molar-refractivity contribution < 1.29 is 27.1 Å². The average Bonchev–Trinajstić information content (AvgIpc) is 2.83. The summed E-state index contributed by atoms with van der Waals surface area (Å²) in [4.78, 5) is 16.8. The summed E-state index contributed by atoms with van der Waals surface area (Å²) < 4.78 is 56.7. The van der Waals surface area contributed by atoms with Gasteiger partial charge in [0.15, 0.2) is 11.6 Å². The third-order valence-corrected chi connectivity index (χ3v) is 3.36. The summed E-state index contributed by atoms with van der Waals surface area (Å²) in [6, 6.07) is 0.139. The van der Waals surface area contributed by atoms with Gasteiger partial charge in [-0.15, -0.1) is 0 Å². The first-order chi connectivity index (χ1) is 11.0. The van der Waals surface area contributed by atoms with Crippen molar-refractivity contribution in [2.75, 3.05) is 18.0 Å². The van der Waals surface area contributed by atoms with Crippen molar-refractivity contribution in [3.63, 3.8) is 0 Å². The van der Waals surface area contributed by atoms with Crippen LogP contribution in [0.3, 0.4) is 0 Å². The van der Waals surface area contributed by atoms with E-state index in [-0.39, 0.29) is 18.4 Å². The molecule has 1 atom stereocenters. The van der Waals surface area contributed by atoms with E-state index in [9.17, 15) is 22.4 Å². The molecule has 0 aliphatic carbocycles. The molecule has 2 heterocycles. The summed E-state index contributed by atoms with van der Waals surface area (Å²) in [5.41, 5.74) is -1.77. The van der Waals surface area contributed by atoms with Crippen LogP contribution in [0, 0.1) is 5.82 Å². The molecule has 134 valence electrons. The van der Waals surface area contributed by atoms with E-state index in [0.717, 1.165) is 0 Å². The zero-order valence-corrected chi connectivity index (χ0v) is 13.6. The molecule has 1 amide bonds. The van der Waals surface area contributed by atoms with Gasteiger partial charge in [-0.05, 0) is 33.3 Å². The Kier molecular flexibility index (Phi) is 4.91. The highest BCUT2D eigenvalue weighted by Gasteiger charge is 2.33. The molecule has 1 N–H and O–H groups in total. The van der Waals surface area contributed by atoms with Crippen molar-refractivity contribution >= 4 is 11.9 Å². The Labute approximate surface area is 137 Å². The van der Waals surface area contributed by atoms with Crippen LogP contribution in [0.2, 0.25) is 0 Å². The second-order valence-corrected chi connectivity index (χ2v) is 6.61. The van der Waals surface area contributed by atoms with Crippen LogP contribution in [0.15, 0.2) is 12.3 Å². The Balaban J connectivity index is 2.00. The van der Waals surface area contributed by atoms with Gasteiger partial charge in [-0.1, -0.05) is 0 Å². The minimum atomic E-state index is -4.64. The van der Waals surface area contributed by atoms with Crippen LogP contribution in [0.25, 0.3) is 0 Å². The number of rotatable bonds is 2. The van der Waals surface area contributed by atoms with Crippen molar-refractivity contribution in [2.45, 2.75) is 45.0 Å². The molecule has 0 aromatic carbocycles. The average molecular weight is 349 g/mol. The molecule has 2 rings (SSSR count). The lowest BCUT2D eigenvalue weighted by atomic mass is 10.2. The highest BCUT2D eigenvalue weighted by Crippen LogP contribution is 2.31. The molecule has 0 spiro atoms. The highest BCUT2D eigenvalue weighted by atomic mass is 19.4. The number of aromatic nitrogens is 1. The van der Waals surface area contributed by atoms with Crippen LogP contribution < -0.4 is 10.2 Å². The van der Waals surface area contributed by atoms with Gasteiger partial charge >= 0.3 is 12.3 Å². The summed E-state index contributed by atoms with van der Waals surface area (Å²) >= 11 is 0. The molecule has 1 aliphatic heterocycles. The monoisotopic (exact) mass is 349 g/mol. The maximum Gasteiger partial charge on any atom is 0.417 e. The molecule has 0 unspecified atom stereocenters. The Morgan fingerprint density at radius 1 is 1.38 bits per heavy atom. The molecular weight excluding hydrogens is 330 g/mol. The van der Waals surface area contributed by atoms with E-state index in [1.165, 1.54) is 4.90 Å². The lowest BCUT2D eigenvalue weighted by molar-refractivity contribution is -0.138. The van der Waals surface area contributed by atoms with E-state index in [4.69, 9.17) is 4.74 Å². The first-order valence-corrected chi connectivity index (χ1v) is 7.43. The minimum absolute atomic E-state index is 0.156. The maximum absolute atomic E-state index is 13.9. The van der Waals surface area contributed by atoms with Crippen LogP contribution >= 0.6 is 0 Å². The number of carbonyl (C=O) groups is 1. The van der Waals surface area contributed by atoms with Crippen molar-refractivity contribution in [1.29, 1.82) is 0 Å². The van der Waals surface area contributed by atoms with Gasteiger partial charge in [0.1, 0.15) is 5.60 Å². The van der Waals surface area contributed by atoms with Crippen LogP contribution in [0.5, 0.6) is 0 Å². The quantitative estimate of drug-likeness (QED) is 0.832. The topological polar surface area (TPSA) is 54.5 Å². The molecule has 0 radical (unpaired) electrons. The molecule has 24 heavy (non-hydrogen) atoms. The van der Waals surface area contributed by atoms with Crippen LogP contribution in [0.4, 0.5) is 28.2 Å². The number of anilines is 1. The number of halogens is 4. The molecule has 1 aliphatic rings. The predicted molar refractivity (Wildman–Crippen MR) is 79.2 cm³/mol. The van der Waals surface area contributed by atoms with E-state index in [1.807, 2.05) is 0 Å². The SMILES string of the molecule is CC(C)(C)OC(=O)N[C@@H]1CCN(c2ncc(C(F)(F)F)cc2F)C1. The largest absolute Gasteiger partial charge is 0.444 e. The fourth-order valence-electron chi connectivity index (χ4n) is 2.36. The van der Waals surface area contributed by atoms with E-state index in [1.54, 1.807) is 20.8 Å². The summed E-state index contributed by atoms with van der Waals surface area (Å²) in [5.74, 6) is -1.20. The Hall–Kier alpha value is -2.06. The van der Waals surface area contributed by atoms with Gasteiger partial charge in [0, 0.05) is 19.3 Å². The molecule has 1 aromatic rings. The van der Waals surface area contributed by atoms with Crippen LogP contribution in [0.1, 0.15) is 32.8 Å².